The average molecular weight is 308 g/mol. The summed E-state index contributed by atoms with van der Waals surface area (Å²) in [7, 11) is 0. The van der Waals surface area contributed by atoms with Crippen LogP contribution in [-0.4, -0.2) is 0 Å². The molecular formula is C24H20. The summed E-state index contributed by atoms with van der Waals surface area (Å²) >= 11 is 0. The van der Waals surface area contributed by atoms with Crippen molar-refractivity contribution in [3.63, 3.8) is 0 Å². The Morgan fingerprint density at radius 3 is 1.58 bits per heavy atom. The highest BCUT2D eigenvalue weighted by atomic mass is 14.4. The van der Waals surface area contributed by atoms with Crippen LogP contribution >= 0.6 is 0 Å². The Kier molecular flexibility index (Phi) is 3.88. The molecule has 3 aromatic rings. The highest BCUT2D eigenvalue weighted by Gasteiger charge is 2.40. The molecule has 1 atom stereocenters. The molecule has 1 aliphatic rings. The summed E-state index contributed by atoms with van der Waals surface area (Å²) < 4.78 is 0. The lowest BCUT2D eigenvalue weighted by Gasteiger charge is -2.40. The van der Waals surface area contributed by atoms with Gasteiger partial charge in [0, 0.05) is 11.3 Å². The lowest BCUT2D eigenvalue weighted by atomic mass is 9.62. The smallest absolute Gasteiger partial charge is 0.0488 e. The van der Waals surface area contributed by atoms with Gasteiger partial charge in [0.2, 0.25) is 0 Å². The number of hydrogen-bond acceptors (Lipinski definition) is 0. The topological polar surface area (TPSA) is 0 Å². The maximum atomic E-state index is 2.36. The molecular weight excluding hydrogens is 288 g/mol. The summed E-state index contributed by atoms with van der Waals surface area (Å²) in [5, 5.41) is 0. The van der Waals surface area contributed by atoms with Crippen LogP contribution in [0.25, 0.3) is 0 Å². The van der Waals surface area contributed by atoms with E-state index in [0.29, 0.717) is 0 Å². The SMILES string of the molecule is C1=CC(c2ccccc2)C(c2ccccc2)(c2ccccc2)C=C1. The number of allylic oxidation sites excluding steroid dienone is 4. The van der Waals surface area contributed by atoms with Gasteiger partial charge in [0.05, 0.1) is 0 Å². The van der Waals surface area contributed by atoms with E-state index in [-0.39, 0.29) is 11.3 Å². The quantitative estimate of drug-likeness (QED) is 0.566. The van der Waals surface area contributed by atoms with Crippen LogP contribution in [0.2, 0.25) is 0 Å². The Balaban J connectivity index is 1.98. The maximum absolute atomic E-state index is 2.36. The Morgan fingerprint density at radius 2 is 1.04 bits per heavy atom. The zero-order valence-corrected chi connectivity index (χ0v) is 13.5. The van der Waals surface area contributed by atoms with Crippen LogP contribution < -0.4 is 0 Å². The summed E-state index contributed by atoms with van der Waals surface area (Å²) in [6.45, 7) is 0. The Hall–Kier alpha value is -2.86. The first kappa shape index (κ1) is 14.7. The van der Waals surface area contributed by atoms with E-state index < -0.39 is 0 Å². The van der Waals surface area contributed by atoms with Crippen molar-refractivity contribution in [3.8, 4) is 0 Å². The molecule has 0 saturated heterocycles. The molecule has 1 aliphatic carbocycles. The van der Waals surface area contributed by atoms with Gasteiger partial charge >= 0.3 is 0 Å². The maximum Gasteiger partial charge on any atom is 0.0488 e. The lowest BCUT2D eigenvalue weighted by molar-refractivity contribution is 0.565. The number of benzene rings is 3. The first-order valence-corrected chi connectivity index (χ1v) is 8.43. The Labute approximate surface area is 143 Å². The van der Waals surface area contributed by atoms with Gasteiger partial charge in [-0.1, -0.05) is 115 Å². The van der Waals surface area contributed by atoms with Crippen molar-refractivity contribution in [2.45, 2.75) is 11.3 Å². The van der Waals surface area contributed by atoms with E-state index in [9.17, 15) is 0 Å². The average Bonchev–Trinajstić information content (AvgIpc) is 2.70. The molecule has 24 heavy (non-hydrogen) atoms. The van der Waals surface area contributed by atoms with E-state index >= 15 is 0 Å². The van der Waals surface area contributed by atoms with Crippen molar-refractivity contribution >= 4 is 0 Å². The van der Waals surface area contributed by atoms with Gasteiger partial charge in [-0.2, -0.15) is 0 Å². The minimum Gasteiger partial charge on any atom is -0.0755 e. The van der Waals surface area contributed by atoms with Gasteiger partial charge in [0.1, 0.15) is 0 Å². The normalized spacial score (nSPS) is 18.4. The molecule has 0 N–H and O–H groups in total. The standard InChI is InChI=1S/C24H20/c1-4-12-20(13-5-1)23-18-10-11-19-24(23,21-14-6-2-7-15-21)22-16-8-3-9-17-22/h1-19,23H. The van der Waals surface area contributed by atoms with Gasteiger partial charge in [0.15, 0.2) is 0 Å². The lowest BCUT2D eigenvalue weighted by Crippen LogP contribution is -2.33. The second-order valence-corrected chi connectivity index (χ2v) is 6.23. The first-order chi connectivity index (χ1) is 11.9. The van der Waals surface area contributed by atoms with Crippen LogP contribution in [0.4, 0.5) is 0 Å². The molecule has 116 valence electrons. The van der Waals surface area contributed by atoms with Crippen molar-refractivity contribution in [2.75, 3.05) is 0 Å². The fraction of sp³-hybridized carbons (Fsp3) is 0.0833. The molecule has 0 saturated carbocycles. The molecule has 1 unspecified atom stereocenters. The summed E-state index contributed by atoms with van der Waals surface area (Å²) in [4.78, 5) is 0. The largest absolute Gasteiger partial charge is 0.0755 e. The molecule has 0 fully saturated rings. The highest BCUT2D eigenvalue weighted by molar-refractivity contribution is 5.53. The van der Waals surface area contributed by atoms with Crippen molar-refractivity contribution < 1.29 is 0 Å². The molecule has 0 heteroatoms. The van der Waals surface area contributed by atoms with Crippen LogP contribution in [0.15, 0.2) is 115 Å². The van der Waals surface area contributed by atoms with Crippen molar-refractivity contribution in [1.29, 1.82) is 0 Å². The van der Waals surface area contributed by atoms with Gasteiger partial charge in [-0.05, 0) is 16.7 Å². The van der Waals surface area contributed by atoms with E-state index in [1.807, 2.05) is 0 Å². The predicted octanol–water partition coefficient (Wildman–Crippen LogP) is 5.88. The molecule has 3 aromatic carbocycles. The molecule has 0 heterocycles. The fourth-order valence-corrected chi connectivity index (χ4v) is 3.82. The monoisotopic (exact) mass is 308 g/mol. The predicted molar refractivity (Wildman–Crippen MR) is 101 cm³/mol. The first-order valence-electron chi connectivity index (χ1n) is 8.43. The van der Waals surface area contributed by atoms with Crippen LogP contribution in [-0.2, 0) is 5.41 Å². The second-order valence-electron chi connectivity index (χ2n) is 6.23. The number of rotatable bonds is 3. The third kappa shape index (κ3) is 2.41. The van der Waals surface area contributed by atoms with Gasteiger partial charge < -0.3 is 0 Å². The molecule has 0 bridgehead atoms. The molecule has 0 amide bonds. The summed E-state index contributed by atoms with van der Waals surface area (Å²) in [5.41, 5.74) is 3.81. The molecule has 0 radical (unpaired) electrons. The Bertz CT molecular complexity index is 803. The third-order valence-electron chi connectivity index (χ3n) is 4.93. The van der Waals surface area contributed by atoms with E-state index in [1.54, 1.807) is 0 Å². The van der Waals surface area contributed by atoms with Crippen LogP contribution in [0.1, 0.15) is 22.6 Å². The van der Waals surface area contributed by atoms with Gasteiger partial charge in [0.25, 0.3) is 0 Å². The van der Waals surface area contributed by atoms with Gasteiger partial charge in [-0.15, -0.1) is 0 Å². The van der Waals surface area contributed by atoms with E-state index in [0.717, 1.165) is 0 Å². The molecule has 0 aromatic heterocycles. The summed E-state index contributed by atoms with van der Waals surface area (Å²) in [5.74, 6) is 0.272. The van der Waals surface area contributed by atoms with Gasteiger partial charge in [-0.25, -0.2) is 0 Å². The van der Waals surface area contributed by atoms with Crippen LogP contribution in [0.5, 0.6) is 0 Å². The van der Waals surface area contributed by atoms with Crippen molar-refractivity contribution in [1.82, 2.24) is 0 Å². The second kappa shape index (κ2) is 6.33. The van der Waals surface area contributed by atoms with Gasteiger partial charge in [-0.3, -0.25) is 0 Å². The minimum atomic E-state index is -0.182. The van der Waals surface area contributed by atoms with E-state index in [1.165, 1.54) is 16.7 Å². The van der Waals surface area contributed by atoms with Crippen LogP contribution in [0, 0.1) is 0 Å². The minimum absolute atomic E-state index is 0.182. The Morgan fingerprint density at radius 1 is 0.542 bits per heavy atom. The van der Waals surface area contributed by atoms with E-state index in [4.69, 9.17) is 0 Å². The third-order valence-corrected chi connectivity index (χ3v) is 4.93. The van der Waals surface area contributed by atoms with Crippen molar-refractivity contribution in [3.05, 3.63) is 132 Å². The van der Waals surface area contributed by atoms with Crippen LogP contribution in [0.3, 0.4) is 0 Å². The molecule has 0 aliphatic heterocycles. The molecule has 4 rings (SSSR count). The zero-order valence-electron chi connectivity index (χ0n) is 13.5. The zero-order chi connectivity index (χ0) is 16.2. The molecule has 0 spiro atoms. The van der Waals surface area contributed by atoms with E-state index in [2.05, 4.69) is 115 Å². The van der Waals surface area contributed by atoms with Crippen molar-refractivity contribution in [2.24, 2.45) is 0 Å². The molecule has 0 nitrogen and oxygen atoms in total. The fourth-order valence-electron chi connectivity index (χ4n) is 3.82. The number of hydrogen-bond donors (Lipinski definition) is 0. The summed E-state index contributed by atoms with van der Waals surface area (Å²) in [6, 6.07) is 32.5. The summed E-state index contributed by atoms with van der Waals surface area (Å²) in [6.07, 6.45) is 9.03. The highest BCUT2D eigenvalue weighted by Crippen LogP contribution is 2.48.